The highest BCUT2D eigenvalue weighted by atomic mass is 32.2. The van der Waals surface area contributed by atoms with Gasteiger partial charge in [0.05, 0.1) is 22.9 Å². The number of para-hydroxylation sites is 1. The number of nitrogens with one attached hydrogen (secondary N) is 2. The molecule has 0 fully saturated rings. The molecule has 9 heteroatoms. The average Bonchev–Trinajstić information content (AvgIpc) is 2.67. The van der Waals surface area contributed by atoms with Crippen molar-refractivity contribution in [3.63, 3.8) is 0 Å². The van der Waals surface area contributed by atoms with Crippen LogP contribution in [0.5, 0.6) is 0 Å². The van der Waals surface area contributed by atoms with Crippen LogP contribution in [0.3, 0.4) is 0 Å². The van der Waals surface area contributed by atoms with Crippen LogP contribution in [0.1, 0.15) is 30.1 Å². The number of primary amides is 1. The maximum Gasteiger partial charge on any atom is 0.303 e. The third-order valence-corrected chi connectivity index (χ3v) is 4.91. The van der Waals surface area contributed by atoms with E-state index in [0.29, 0.717) is 11.4 Å². The topological polar surface area (TPSA) is 139 Å². The molecule has 0 saturated heterocycles. The van der Waals surface area contributed by atoms with Gasteiger partial charge >= 0.3 is 5.97 Å². The number of nitrogens with two attached hydrogens (primary N) is 1. The van der Waals surface area contributed by atoms with Gasteiger partial charge in [0.15, 0.2) is 0 Å². The number of carbonyl (C=O) groups excluding carboxylic acids is 3. The van der Waals surface area contributed by atoms with E-state index >= 15 is 0 Å². The van der Waals surface area contributed by atoms with Crippen molar-refractivity contribution < 1.29 is 24.3 Å². The van der Waals surface area contributed by atoms with E-state index in [1.165, 1.54) is 17.8 Å². The molecule has 0 saturated carbocycles. The predicted octanol–water partition coefficient (Wildman–Crippen LogP) is 2.71. The first kappa shape index (κ1) is 22.0. The second-order valence-corrected chi connectivity index (χ2v) is 7.54. The maximum absolute atomic E-state index is 12.5. The van der Waals surface area contributed by atoms with E-state index in [-0.39, 0.29) is 24.3 Å². The van der Waals surface area contributed by atoms with Crippen LogP contribution in [0.2, 0.25) is 0 Å². The van der Waals surface area contributed by atoms with Crippen LogP contribution in [0.25, 0.3) is 0 Å². The number of thioether (sulfide) groups is 1. The Morgan fingerprint density at radius 2 is 1.76 bits per heavy atom. The van der Waals surface area contributed by atoms with E-state index in [2.05, 4.69) is 10.6 Å². The highest BCUT2D eigenvalue weighted by Crippen LogP contribution is 2.27. The minimum Gasteiger partial charge on any atom is -0.481 e. The van der Waals surface area contributed by atoms with Gasteiger partial charge in [-0.2, -0.15) is 0 Å². The molecule has 2 rings (SSSR count). The maximum atomic E-state index is 12.5. The van der Waals surface area contributed by atoms with Crippen LogP contribution >= 0.6 is 11.8 Å². The molecule has 2 aromatic rings. The molecule has 2 aromatic carbocycles. The van der Waals surface area contributed by atoms with Gasteiger partial charge in [-0.25, -0.2) is 0 Å². The summed E-state index contributed by atoms with van der Waals surface area (Å²) >= 11 is 1.27. The third-order valence-electron chi connectivity index (χ3n) is 3.82. The lowest BCUT2D eigenvalue weighted by atomic mass is 10.1. The van der Waals surface area contributed by atoms with Crippen molar-refractivity contribution >= 4 is 46.8 Å². The normalized spacial score (nSPS) is 11.3. The largest absolute Gasteiger partial charge is 0.481 e. The molecule has 0 aromatic heterocycles. The number of carbonyl (C=O) groups is 4. The Labute approximate surface area is 171 Å². The summed E-state index contributed by atoms with van der Waals surface area (Å²) in [6.45, 7) is 1.71. The standard InChI is InChI=1S/C20H21N3O5S/c1-12(20(28)23-16-8-3-2-7-15(16)19(21)27)29-14-6-4-5-13(11-14)22-17(24)9-10-18(25)26/h2-8,11-12H,9-10H2,1H3,(H2,21,27)(H,22,24)(H,23,28)(H,25,26). The molecule has 0 bridgehead atoms. The molecule has 0 aliphatic carbocycles. The lowest BCUT2D eigenvalue weighted by molar-refractivity contribution is -0.138. The molecule has 1 atom stereocenters. The number of rotatable bonds is 9. The van der Waals surface area contributed by atoms with Gasteiger partial charge in [0, 0.05) is 17.0 Å². The molecule has 0 spiro atoms. The fourth-order valence-electron chi connectivity index (χ4n) is 2.39. The van der Waals surface area contributed by atoms with Gasteiger partial charge in [0.2, 0.25) is 11.8 Å². The Hall–Kier alpha value is -3.33. The van der Waals surface area contributed by atoms with Crippen molar-refractivity contribution in [3.05, 3.63) is 54.1 Å². The van der Waals surface area contributed by atoms with Crippen LogP contribution in [0.15, 0.2) is 53.4 Å². The second-order valence-electron chi connectivity index (χ2n) is 6.13. The zero-order valence-corrected chi connectivity index (χ0v) is 16.5. The van der Waals surface area contributed by atoms with E-state index in [1.807, 2.05) is 0 Å². The molecule has 152 valence electrons. The zero-order valence-electron chi connectivity index (χ0n) is 15.7. The summed E-state index contributed by atoms with van der Waals surface area (Å²) in [5, 5.41) is 13.5. The summed E-state index contributed by atoms with van der Waals surface area (Å²) in [6, 6.07) is 13.4. The Balaban J connectivity index is 1.99. The van der Waals surface area contributed by atoms with Crippen LogP contribution in [-0.2, 0) is 14.4 Å². The minimum atomic E-state index is -1.04. The number of benzene rings is 2. The van der Waals surface area contributed by atoms with Crippen molar-refractivity contribution in [2.24, 2.45) is 5.73 Å². The fraction of sp³-hybridized carbons (Fsp3) is 0.200. The molecular weight excluding hydrogens is 394 g/mol. The number of carboxylic acids is 1. The molecule has 5 N–H and O–H groups in total. The Bertz CT molecular complexity index is 932. The van der Waals surface area contributed by atoms with Crippen molar-refractivity contribution in [2.75, 3.05) is 10.6 Å². The van der Waals surface area contributed by atoms with Crippen LogP contribution < -0.4 is 16.4 Å². The molecule has 0 heterocycles. The van der Waals surface area contributed by atoms with E-state index in [1.54, 1.807) is 49.4 Å². The van der Waals surface area contributed by atoms with Crippen LogP contribution in [0.4, 0.5) is 11.4 Å². The van der Waals surface area contributed by atoms with Gasteiger partial charge in [-0.3, -0.25) is 19.2 Å². The first-order valence-corrected chi connectivity index (χ1v) is 9.62. The molecular formula is C20H21N3O5S. The quantitative estimate of drug-likeness (QED) is 0.465. The van der Waals surface area contributed by atoms with Crippen molar-refractivity contribution in [2.45, 2.75) is 29.9 Å². The van der Waals surface area contributed by atoms with Gasteiger partial charge < -0.3 is 21.5 Å². The van der Waals surface area contributed by atoms with Crippen molar-refractivity contribution in [1.29, 1.82) is 0 Å². The van der Waals surface area contributed by atoms with Gasteiger partial charge in [0.1, 0.15) is 0 Å². The fourth-order valence-corrected chi connectivity index (χ4v) is 3.32. The zero-order chi connectivity index (χ0) is 21.4. The molecule has 29 heavy (non-hydrogen) atoms. The molecule has 0 aliphatic heterocycles. The van der Waals surface area contributed by atoms with Gasteiger partial charge in [-0.05, 0) is 37.3 Å². The Morgan fingerprint density at radius 3 is 2.45 bits per heavy atom. The van der Waals surface area contributed by atoms with Crippen molar-refractivity contribution in [1.82, 2.24) is 0 Å². The first-order valence-electron chi connectivity index (χ1n) is 8.74. The van der Waals surface area contributed by atoms with Crippen molar-refractivity contribution in [3.8, 4) is 0 Å². The SMILES string of the molecule is CC(Sc1cccc(NC(=O)CCC(=O)O)c1)C(=O)Nc1ccccc1C(N)=O. The number of carboxylic acid groups (broad SMARTS) is 1. The lowest BCUT2D eigenvalue weighted by Crippen LogP contribution is -2.24. The summed E-state index contributed by atoms with van der Waals surface area (Å²) in [5.41, 5.74) is 6.40. The van der Waals surface area contributed by atoms with E-state index in [4.69, 9.17) is 10.8 Å². The molecule has 3 amide bonds. The Kier molecular flexibility index (Phi) is 7.79. The lowest BCUT2D eigenvalue weighted by Gasteiger charge is -2.14. The number of hydrogen-bond acceptors (Lipinski definition) is 5. The van der Waals surface area contributed by atoms with Gasteiger partial charge in [0.25, 0.3) is 5.91 Å². The molecule has 1 unspecified atom stereocenters. The molecule has 0 aliphatic rings. The van der Waals surface area contributed by atoms with Crippen LogP contribution in [-0.4, -0.2) is 34.0 Å². The second kappa shape index (κ2) is 10.3. The summed E-state index contributed by atoms with van der Waals surface area (Å²) < 4.78 is 0. The van der Waals surface area contributed by atoms with Gasteiger partial charge in [-0.15, -0.1) is 11.8 Å². The first-order chi connectivity index (χ1) is 13.8. The summed E-state index contributed by atoms with van der Waals surface area (Å²) in [4.78, 5) is 47.0. The highest BCUT2D eigenvalue weighted by molar-refractivity contribution is 8.00. The summed E-state index contributed by atoms with van der Waals surface area (Å²) in [7, 11) is 0. The molecule has 8 nitrogen and oxygen atoms in total. The summed E-state index contributed by atoms with van der Waals surface area (Å²) in [6.07, 6.45) is -0.366. The Morgan fingerprint density at radius 1 is 1.03 bits per heavy atom. The third kappa shape index (κ3) is 6.96. The number of anilines is 2. The minimum absolute atomic E-state index is 0.120. The summed E-state index contributed by atoms with van der Waals surface area (Å²) in [5.74, 6) is -2.38. The highest BCUT2D eigenvalue weighted by Gasteiger charge is 2.17. The smallest absolute Gasteiger partial charge is 0.303 e. The monoisotopic (exact) mass is 415 g/mol. The number of aliphatic carboxylic acids is 1. The van der Waals surface area contributed by atoms with E-state index < -0.39 is 23.0 Å². The number of amides is 3. The predicted molar refractivity (Wildman–Crippen MR) is 111 cm³/mol. The van der Waals surface area contributed by atoms with E-state index in [9.17, 15) is 19.2 Å². The number of hydrogen-bond donors (Lipinski definition) is 4. The molecule has 0 radical (unpaired) electrons. The van der Waals surface area contributed by atoms with E-state index in [0.717, 1.165) is 4.90 Å². The van der Waals surface area contributed by atoms with Gasteiger partial charge in [-0.1, -0.05) is 18.2 Å². The average molecular weight is 415 g/mol. The van der Waals surface area contributed by atoms with Crippen LogP contribution in [0, 0.1) is 0 Å².